The Labute approximate surface area is 199 Å². The molecule has 2 aliphatic rings. The Morgan fingerprint density at radius 2 is 2.09 bits per heavy atom. The first-order chi connectivity index (χ1) is 15.2. The molecule has 0 aromatic carbocycles. The lowest BCUT2D eigenvalue weighted by molar-refractivity contribution is -0.145. The topological polar surface area (TPSA) is 107 Å². The van der Waals surface area contributed by atoms with Crippen molar-refractivity contribution in [2.24, 2.45) is 0 Å². The number of imidazole rings is 1. The zero-order chi connectivity index (χ0) is 23.0. The normalized spacial score (nSPS) is 23.6. The van der Waals surface area contributed by atoms with E-state index in [1.165, 1.54) is 18.7 Å². The highest BCUT2D eigenvalue weighted by molar-refractivity contribution is 7.99. The summed E-state index contributed by atoms with van der Waals surface area (Å²) in [6.07, 6.45) is 2.89. The number of amides is 3. The van der Waals surface area contributed by atoms with E-state index in [0.717, 1.165) is 0 Å². The van der Waals surface area contributed by atoms with Gasteiger partial charge in [0.25, 0.3) is 0 Å². The zero-order valence-corrected chi connectivity index (χ0v) is 19.7. The average molecular weight is 500 g/mol. The molecule has 3 amide bonds. The number of halogens is 2. The number of aromatic nitrogens is 2. The third-order valence-corrected chi connectivity index (χ3v) is 7.17. The van der Waals surface area contributed by atoms with E-state index < -0.39 is 18.2 Å². The summed E-state index contributed by atoms with van der Waals surface area (Å²) in [5, 5.41) is 14.2. The van der Waals surface area contributed by atoms with Crippen molar-refractivity contribution in [3.05, 3.63) is 34.2 Å². The van der Waals surface area contributed by atoms with Gasteiger partial charge in [0.1, 0.15) is 6.04 Å². The first-order valence-corrected chi connectivity index (χ1v) is 12.1. The molecule has 3 atom stereocenters. The Hall–Kier alpha value is -2.01. The zero-order valence-electron chi connectivity index (χ0n) is 17.3. The van der Waals surface area contributed by atoms with Gasteiger partial charge in [-0.1, -0.05) is 23.2 Å². The Kier molecular flexibility index (Phi) is 6.85. The van der Waals surface area contributed by atoms with Gasteiger partial charge in [-0.05, 0) is 12.5 Å². The van der Waals surface area contributed by atoms with Gasteiger partial charge in [0.2, 0.25) is 17.7 Å². The Bertz CT molecular complexity index is 1060. The van der Waals surface area contributed by atoms with E-state index in [1.807, 2.05) is 0 Å². The van der Waals surface area contributed by atoms with Crippen molar-refractivity contribution in [1.82, 2.24) is 24.5 Å². The number of fused-ring (bicyclic) bond motifs is 1. The molecule has 2 fully saturated rings. The molecule has 9 nitrogen and oxygen atoms in total. The van der Waals surface area contributed by atoms with Gasteiger partial charge < -0.3 is 24.6 Å². The van der Waals surface area contributed by atoms with Gasteiger partial charge in [-0.25, -0.2) is 4.98 Å². The minimum absolute atomic E-state index is 0.0222. The van der Waals surface area contributed by atoms with Crippen molar-refractivity contribution in [2.45, 2.75) is 38.0 Å². The summed E-state index contributed by atoms with van der Waals surface area (Å²) < 4.78 is 1.66. The second-order valence-electron chi connectivity index (χ2n) is 7.96. The predicted molar refractivity (Wildman–Crippen MR) is 122 cm³/mol. The van der Waals surface area contributed by atoms with E-state index >= 15 is 0 Å². The molecule has 0 spiro atoms. The molecule has 2 aromatic heterocycles. The van der Waals surface area contributed by atoms with Crippen LogP contribution < -0.4 is 5.32 Å². The van der Waals surface area contributed by atoms with Crippen LogP contribution in [0.2, 0.25) is 10.0 Å². The number of carbonyl (C=O) groups is 3. The minimum atomic E-state index is -0.897. The number of nitrogens with zero attached hydrogens (tertiary/aromatic N) is 4. The van der Waals surface area contributed by atoms with Crippen LogP contribution in [0.25, 0.3) is 5.65 Å². The first kappa shape index (κ1) is 23.2. The second-order valence-corrected chi connectivity index (χ2v) is 9.81. The van der Waals surface area contributed by atoms with Crippen molar-refractivity contribution < 1.29 is 19.5 Å². The molecule has 2 aliphatic heterocycles. The van der Waals surface area contributed by atoms with Gasteiger partial charge in [0.05, 0.1) is 40.2 Å². The summed E-state index contributed by atoms with van der Waals surface area (Å²) in [6, 6.07) is 0.621. The molecule has 0 bridgehead atoms. The number of pyridine rings is 1. The van der Waals surface area contributed by atoms with Crippen LogP contribution in [0, 0.1) is 0 Å². The molecule has 12 heteroatoms. The van der Waals surface area contributed by atoms with Crippen LogP contribution in [-0.2, 0) is 20.8 Å². The lowest BCUT2D eigenvalue weighted by atomic mass is 10.0. The highest BCUT2D eigenvalue weighted by Gasteiger charge is 2.39. The highest BCUT2D eigenvalue weighted by Crippen LogP contribution is 2.24. The number of piperidine rings is 1. The van der Waals surface area contributed by atoms with Gasteiger partial charge in [0.15, 0.2) is 5.65 Å². The smallest absolute Gasteiger partial charge is 0.246 e. The standard InChI is InChI=1S/C20H23Cl2N5O4S/c1-11(28)27-10-32-9-16(27)20(31)25-3-2-15(17(29)8-25)24-18(30)5-13-7-26-6-12(21)4-14(22)19(26)23-13/h4,6-7,15-17,29H,2-3,5,8-10H2,1H3,(H,24,30)/t15-,16-,17-/m0/s1. The molecule has 0 saturated carbocycles. The number of hydrogen-bond donors (Lipinski definition) is 2. The van der Waals surface area contributed by atoms with E-state index in [4.69, 9.17) is 23.2 Å². The third kappa shape index (κ3) is 4.83. The highest BCUT2D eigenvalue weighted by atomic mass is 35.5. The van der Waals surface area contributed by atoms with Gasteiger partial charge in [-0.3, -0.25) is 14.4 Å². The van der Waals surface area contributed by atoms with Crippen LogP contribution in [0.5, 0.6) is 0 Å². The van der Waals surface area contributed by atoms with Crippen molar-refractivity contribution in [3.8, 4) is 0 Å². The number of β-amino-alcohol motifs (C(OH)–C–C–N with tert-alkyl or cyclic N) is 1. The summed E-state index contributed by atoms with van der Waals surface area (Å²) in [5.74, 6) is 0.482. The molecule has 4 rings (SSSR count). The van der Waals surface area contributed by atoms with Crippen molar-refractivity contribution in [1.29, 1.82) is 0 Å². The van der Waals surface area contributed by atoms with Crippen LogP contribution in [0.4, 0.5) is 0 Å². The molecule has 2 aromatic rings. The van der Waals surface area contributed by atoms with Crippen molar-refractivity contribution in [2.75, 3.05) is 24.7 Å². The lowest BCUT2D eigenvalue weighted by Crippen LogP contribution is -2.58. The SMILES string of the molecule is CC(=O)N1CSC[C@H]1C(=O)N1CC[C@H](NC(=O)Cc2cn3cc(Cl)cc(Cl)c3n2)[C@@H](O)C1. The molecule has 4 heterocycles. The van der Waals surface area contributed by atoms with Gasteiger partial charge in [0, 0.05) is 38.2 Å². The Morgan fingerprint density at radius 3 is 2.81 bits per heavy atom. The molecular formula is C20H23Cl2N5O4S. The predicted octanol–water partition coefficient (Wildman–Crippen LogP) is 1.18. The second kappa shape index (κ2) is 9.46. The van der Waals surface area contributed by atoms with Gasteiger partial charge in [-0.2, -0.15) is 0 Å². The summed E-state index contributed by atoms with van der Waals surface area (Å²) in [5.41, 5.74) is 1.03. The number of aliphatic hydroxyl groups is 1. The van der Waals surface area contributed by atoms with E-state index in [2.05, 4.69) is 10.3 Å². The molecule has 2 N–H and O–H groups in total. The fourth-order valence-electron chi connectivity index (χ4n) is 4.05. The van der Waals surface area contributed by atoms with E-state index in [0.29, 0.717) is 46.0 Å². The Balaban J connectivity index is 1.33. The summed E-state index contributed by atoms with van der Waals surface area (Å²) in [4.78, 5) is 44.6. The van der Waals surface area contributed by atoms with E-state index in [-0.39, 0.29) is 30.7 Å². The number of rotatable bonds is 4. The van der Waals surface area contributed by atoms with Crippen molar-refractivity contribution >= 4 is 58.3 Å². The quantitative estimate of drug-likeness (QED) is 0.653. The number of likely N-dealkylation sites (tertiary alicyclic amines) is 1. The fraction of sp³-hybridized carbons (Fsp3) is 0.500. The van der Waals surface area contributed by atoms with Crippen LogP contribution in [0.1, 0.15) is 19.0 Å². The monoisotopic (exact) mass is 499 g/mol. The van der Waals surface area contributed by atoms with E-state index in [9.17, 15) is 19.5 Å². The summed E-state index contributed by atoms with van der Waals surface area (Å²) >= 11 is 13.7. The molecule has 0 unspecified atom stereocenters. The largest absolute Gasteiger partial charge is 0.389 e. The summed E-state index contributed by atoms with van der Waals surface area (Å²) in [7, 11) is 0. The van der Waals surface area contributed by atoms with Crippen LogP contribution in [0.15, 0.2) is 18.5 Å². The molecule has 0 aliphatic carbocycles. The molecular weight excluding hydrogens is 477 g/mol. The molecule has 32 heavy (non-hydrogen) atoms. The number of aliphatic hydroxyl groups excluding tert-OH is 1. The number of thioether (sulfide) groups is 1. The van der Waals surface area contributed by atoms with Gasteiger partial charge >= 0.3 is 0 Å². The summed E-state index contributed by atoms with van der Waals surface area (Å²) in [6.45, 7) is 1.96. The minimum Gasteiger partial charge on any atom is -0.389 e. The third-order valence-electron chi connectivity index (χ3n) is 5.68. The molecule has 172 valence electrons. The molecule has 2 saturated heterocycles. The van der Waals surface area contributed by atoms with Crippen molar-refractivity contribution in [3.63, 3.8) is 0 Å². The maximum atomic E-state index is 12.9. The first-order valence-electron chi connectivity index (χ1n) is 10.2. The lowest BCUT2D eigenvalue weighted by Gasteiger charge is -2.38. The van der Waals surface area contributed by atoms with E-state index in [1.54, 1.807) is 32.7 Å². The molecule has 0 radical (unpaired) electrons. The Morgan fingerprint density at radius 1 is 1.31 bits per heavy atom. The van der Waals surface area contributed by atoms with Crippen LogP contribution >= 0.6 is 35.0 Å². The number of carbonyl (C=O) groups excluding carboxylic acids is 3. The van der Waals surface area contributed by atoms with Crippen LogP contribution in [0.3, 0.4) is 0 Å². The average Bonchev–Trinajstić information content (AvgIpc) is 3.36. The maximum absolute atomic E-state index is 12.9. The maximum Gasteiger partial charge on any atom is 0.246 e. The van der Waals surface area contributed by atoms with Gasteiger partial charge in [-0.15, -0.1) is 11.8 Å². The fourth-order valence-corrected chi connectivity index (χ4v) is 5.79. The number of hydrogen-bond acceptors (Lipinski definition) is 6. The number of nitrogens with one attached hydrogen (secondary N) is 1. The van der Waals surface area contributed by atoms with Crippen LogP contribution in [-0.4, -0.2) is 84.9 Å².